The fourth-order valence-electron chi connectivity index (χ4n) is 2.67. The van der Waals surface area contributed by atoms with E-state index >= 15 is 0 Å². The van der Waals surface area contributed by atoms with Crippen molar-refractivity contribution in [2.45, 2.75) is 33.6 Å². The quantitative estimate of drug-likeness (QED) is 0.737. The van der Waals surface area contributed by atoms with E-state index in [1.165, 1.54) is 0 Å². The first-order valence-corrected chi connectivity index (χ1v) is 9.11. The topological polar surface area (TPSA) is 67.4 Å². The van der Waals surface area contributed by atoms with E-state index in [-0.39, 0.29) is 5.91 Å². The number of hydrogen-bond donors (Lipinski definition) is 1. The van der Waals surface area contributed by atoms with Gasteiger partial charge >= 0.3 is 0 Å². The van der Waals surface area contributed by atoms with Gasteiger partial charge in [-0.2, -0.15) is 0 Å². The van der Waals surface area contributed by atoms with E-state index in [0.29, 0.717) is 46.9 Å². The van der Waals surface area contributed by atoms with Crippen LogP contribution in [-0.4, -0.2) is 41.0 Å². The van der Waals surface area contributed by atoms with Gasteiger partial charge in [-0.05, 0) is 38.0 Å². The molecule has 2 rings (SSSR count). The lowest BCUT2D eigenvalue weighted by Crippen LogP contribution is -2.33. The molecule has 1 N–H and O–H groups in total. The van der Waals surface area contributed by atoms with E-state index in [4.69, 9.17) is 16.3 Å². The van der Waals surface area contributed by atoms with Crippen molar-refractivity contribution in [1.29, 1.82) is 0 Å². The van der Waals surface area contributed by atoms with Crippen LogP contribution in [0.5, 0.6) is 5.75 Å². The molecule has 0 unspecified atom stereocenters. The van der Waals surface area contributed by atoms with Crippen LogP contribution in [0.25, 0.3) is 0 Å². The number of amides is 1. The maximum Gasteiger partial charge on any atom is 0.272 e. The van der Waals surface area contributed by atoms with Crippen LogP contribution in [0.1, 0.15) is 43.0 Å². The lowest BCUT2D eigenvalue weighted by Gasteiger charge is -2.21. The fraction of sp³-hybridized carbons (Fsp3) is 0.421. The minimum atomic E-state index is -0.0830. The highest BCUT2D eigenvalue weighted by molar-refractivity contribution is 6.31. The highest BCUT2D eigenvalue weighted by atomic mass is 35.5. The first-order valence-electron chi connectivity index (χ1n) is 8.74. The maximum absolute atomic E-state index is 12.8. The van der Waals surface area contributed by atoms with Gasteiger partial charge in [0.05, 0.1) is 12.8 Å². The zero-order chi connectivity index (χ0) is 19.1. The Bertz CT molecular complexity index is 761. The first-order chi connectivity index (χ1) is 12.5. The van der Waals surface area contributed by atoms with Gasteiger partial charge in [-0.25, -0.2) is 9.97 Å². The van der Waals surface area contributed by atoms with Crippen LogP contribution in [-0.2, 0) is 0 Å². The van der Waals surface area contributed by atoms with Crippen LogP contribution in [0.2, 0.25) is 5.02 Å². The number of carbonyl (C=O) groups is 1. The van der Waals surface area contributed by atoms with Crippen LogP contribution in [0.4, 0.5) is 11.5 Å². The molecule has 0 fully saturated rings. The number of benzene rings is 1. The second-order valence-electron chi connectivity index (χ2n) is 5.95. The predicted molar refractivity (Wildman–Crippen MR) is 105 cm³/mol. The Kier molecular flexibility index (Phi) is 7.21. The summed E-state index contributed by atoms with van der Waals surface area (Å²) in [5.41, 5.74) is 1.05. The largest absolute Gasteiger partial charge is 0.495 e. The van der Waals surface area contributed by atoms with E-state index in [0.717, 1.165) is 12.8 Å². The molecule has 0 bridgehead atoms. The highest BCUT2D eigenvalue weighted by Gasteiger charge is 2.18. The molecule has 0 aliphatic carbocycles. The zero-order valence-electron chi connectivity index (χ0n) is 15.7. The monoisotopic (exact) mass is 376 g/mol. The summed E-state index contributed by atoms with van der Waals surface area (Å²) in [5, 5.41) is 3.75. The number of hydrogen-bond acceptors (Lipinski definition) is 5. The molecule has 0 aliphatic heterocycles. The van der Waals surface area contributed by atoms with Crippen LogP contribution < -0.4 is 10.1 Å². The summed E-state index contributed by atoms with van der Waals surface area (Å²) < 4.78 is 5.34. The molecule has 0 saturated carbocycles. The molecule has 7 heteroatoms. The number of aromatic nitrogens is 2. The number of rotatable bonds is 8. The van der Waals surface area contributed by atoms with Crippen molar-refractivity contribution >= 4 is 29.0 Å². The van der Waals surface area contributed by atoms with Crippen molar-refractivity contribution in [2.75, 3.05) is 25.5 Å². The Labute approximate surface area is 159 Å². The Balaban J connectivity index is 2.32. The van der Waals surface area contributed by atoms with Gasteiger partial charge in [-0.15, -0.1) is 0 Å². The Morgan fingerprint density at radius 3 is 2.50 bits per heavy atom. The number of nitrogens with one attached hydrogen (secondary N) is 1. The van der Waals surface area contributed by atoms with Crippen molar-refractivity contribution in [3.8, 4) is 5.75 Å². The standard InChI is InChI=1S/C19H25ClN4O2/c1-5-9-24(10-6-2)19(25)16-12-18(22-13(3)21-16)23-15-11-14(20)7-8-17(15)26-4/h7-8,11-12H,5-6,9-10H2,1-4H3,(H,21,22,23). The lowest BCUT2D eigenvalue weighted by molar-refractivity contribution is 0.0749. The summed E-state index contributed by atoms with van der Waals surface area (Å²) in [6.45, 7) is 7.29. The van der Waals surface area contributed by atoms with Crippen LogP contribution in [0.15, 0.2) is 24.3 Å². The second-order valence-corrected chi connectivity index (χ2v) is 6.38. The summed E-state index contributed by atoms with van der Waals surface area (Å²) in [6, 6.07) is 6.93. The third-order valence-electron chi connectivity index (χ3n) is 3.76. The second kappa shape index (κ2) is 9.38. The highest BCUT2D eigenvalue weighted by Crippen LogP contribution is 2.30. The molecular weight excluding hydrogens is 352 g/mol. The van der Waals surface area contributed by atoms with Gasteiger partial charge in [0.2, 0.25) is 0 Å². The minimum Gasteiger partial charge on any atom is -0.495 e. The van der Waals surface area contributed by atoms with E-state index in [1.54, 1.807) is 38.3 Å². The van der Waals surface area contributed by atoms with Crippen molar-refractivity contribution in [1.82, 2.24) is 14.9 Å². The van der Waals surface area contributed by atoms with Gasteiger partial charge in [-0.3, -0.25) is 4.79 Å². The molecule has 0 saturated heterocycles. The van der Waals surface area contributed by atoms with Crippen LogP contribution >= 0.6 is 11.6 Å². The maximum atomic E-state index is 12.8. The number of nitrogens with zero attached hydrogens (tertiary/aromatic N) is 3. The Morgan fingerprint density at radius 2 is 1.88 bits per heavy atom. The Morgan fingerprint density at radius 1 is 1.19 bits per heavy atom. The number of anilines is 2. The first kappa shape index (κ1) is 20.0. The van der Waals surface area contributed by atoms with Crippen molar-refractivity contribution < 1.29 is 9.53 Å². The van der Waals surface area contributed by atoms with Crippen molar-refractivity contribution in [2.24, 2.45) is 0 Å². The average Bonchev–Trinajstić information content (AvgIpc) is 2.60. The molecule has 1 aromatic heterocycles. The van der Waals surface area contributed by atoms with Gasteiger partial charge in [0, 0.05) is 24.2 Å². The summed E-state index contributed by atoms with van der Waals surface area (Å²) in [5.74, 6) is 1.60. The zero-order valence-corrected chi connectivity index (χ0v) is 16.4. The number of methoxy groups -OCH3 is 1. The molecule has 0 spiro atoms. The normalized spacial score (nSPS) is 10.5. The molecule has 1 amide bonds. The lowest BCUT2D eigenvalue weighted by atomic mass is 10.2. The SMILES string of the molecule is CCCN(CCC)C(=O)c1cc(Nc2cc(Cl)ccc2OC)nc(C)n1. The predicted octanol–water partition coefficient (Wildman–Crippen LogP) is 4.45. The van der Waals surface area contributed by atoms with Crippen LogP contribution in [0, 0.1) is 6.92 Å². The fourth-order valence-corrected chi connectivity index (χ4v) is 2.85. The molecule has 26 heavy (non-hydrogen) atoms. The summed E-state index contributed by atoms with van der Waals surface area (Å²) in [6.07, 6.45) is 1.81. The van der Waals surface area contributed by atoms with Crippen LogP contribution in [0.3, 0.4) is 0 Å². The summed E-state index contributed by atoms with van der Waals surface area (Å²) >= 11 is 6.08. The van der Waals surface area contributed by atoms with E-state index in [1.807, 2.05) is 4.90 Å². The molecule has 140 valence electrons. The van der Waals surface area contributed by atoms with Crippen molar-refractivity contribution in [3.05, 3.63) is 40.8 Å². The molecule has 0 aliphatic rings. The average molecular weight is 377 g/mol. The van der Waals surface area contributed by atoms with Gasteiger partial charge in [0.15, 0.2) is 0 Å². The van der Waals surface area contributed by atoms with E-state index in [2.05, 4.69) is 29.1 Å². The van der Waals surface area contributed by atoms with E-state index < -0.39 is 0 Å². The molecule has 0 atom stereocenters. The molecular formula is C19H25ClN4O2. The molecule has 6 nitrogen and oxygen atoms in total. The van der Waals surface area contributed by atoms with Crippen molar-refractivity contribution in [3.63, 3.8) is 0 Å². The van der Waals surface area contributed by atoms with Gasteiger partial charge in [-0.1, -0.05) is 25.4 Å². The Hall–Kier alpha value is -2.34. The number of ether oxygens (including phenoxy) is 1. The minimum absolute atomic E-state index is 0.0830. The molecule has 1 heterocycles. The third-order valence-corrected chi connectivity index (χ3v) is 3.99. The smallest absolute Gasteiger partial charge is 0.272 e. The molecule has 2 aromatic rings. The third kappa shape index (κ3) is 5.08. The summed E-state index contributed by atoms with van der Waals surface area (Å²) in [7, 11) is 1.59. The molecule has 1 aromatic carbocycles. The van der Waals surface area contributed by atoms with Gasteiger partial charge < -0.3 is 15.0 Å². The number of aryl methyl sites for hydroxylation is 1. The molecule has 0 radical (unpaired) electrons. The number of carbonyl (C=O) groups excluding carboxylic acids is 1. The number of halogens is 1. The summed E-state index contributed by atoms with van der Waals surface area (Å²) in [4.78, 5) is 23.3. The van der Waals surface area contributed by atoms with E-state index in [9.17, 15) is 4.79 Å². The van der Waals surface area contributed by atoms with Gasteiger partial charge in [0.25, 0.3) is 5.91 Å². The van der Waals surface area contributed by atoms with Gasteiger partial charge in [0.1, 0.15) is 23.1 Å².